The van der Waals surface area contributed by atoms with Gasteiger partial charge in [-0.3, -0.25) is 9.35 Å². The molecule has 21 heavy (non-hydrogen) atoms. The van der Waals surface area contributed by atoms with Gasteiger partial charge in [-0.15, -0.1) is 0 Å². The summed E-state index contributed by atoms with van der Waals surface area (Å²) in [5.41, 5.74) is 0. The van der Waals surface area contributed by atoms with Crippen LogP contribution in [0.2, 0.25) is 0 Å². The van der Waals surface area contributed by atoms with E-state index in [0.29, 0.717) is 30.1 Å². The zero-order chi connectivity index (χ0) is 16.5. The second-order valence-corrected chi connectivity index (χ2v) is 8.75. The molecule has 0 aromatic heterocycles. The maximum atomic E-state index is 11.9. The Morgan fingerprint density at radius 2 is 1.81 bits per heavy atom. The number of rotatable bonds is 12. The van der Waals surface area contributed by atoms with Gasteiger partial charge in [-0.1, -0.05) is 27.7 Å². The highest BCUT2D eigenvalue weighted by Crippen LogP contribution is 2.15. The third-order valence-electron chi connectivity index (χ3n) is 2.70. The maximum absolute atomic E-state index is 11.9. The van der Waals surface area contributed by atoms with E-state index in [4.69, 9.17) is 0 Å². The van der Waals surface area contributed by atoms with E-state index in [9.17, 15) is 17.8 Å². The molecule has 1 unspecified atom stereocenters. The van der Waals surface area contributed by atoms with Gasteiger partial charge in [0.1, 0.15) is 5.25 Å². The first-order chi connectivity index (χ1) is 9.64. The van der Waals surface area contributed by atoms with Crippen molar-refractivity contribution >= 4 is 27.7 Å². The lowest BCUT2D eigenvalue weighted by atomic mass is 10.2. The van der Waals surface area contributed by atoms with E-state index in [1.165, 1.54) is 0 Å². The van der Waals surface area contributed by atoms with Crippen LogP contribution >= 0.6 is 11.8 Å². The number of carbonyl (C=O) groups is 1. The van der Waals surface area contributed by atoms with Crippen molar-refractivity contribution in [3.8, 4) is 0 Å². The van der Waals surface area contributed by atoms with Crippen molar-refractivity contribution in [3.63, 3.8) is 0 Å². The van der Waals surface area contributed by atoms with Crippen LogP contribution in [0.5, 0.6) is 0 Å². The molecular weight excluding hydrogens is 312 g/mol. The van der Waals surface area contributed by atoms with Crippen LogP contribution in [0.15, 0.2) is 0 Å². The van der Waals surface area contributed by atoms with Crippen molar-refractivity contribution in [1.29, 1.82) is 0 Å². The lowest BCUT2D eigenvalue weighted by molar-refractivity contribution is -0.118. The van der Waals surface area contributed by atoms with Gasteiger partial charge in [0.2, 0.25) is 0 Å². The molecule has 0 aromatic carbocycles. The molecule has 0 aromatic rings. The molecule has 0 heterocycles. The first-order valence-corrected chi connectivity index (χ1v) is 9.74. The van der Waals surface area contributed by atoms with Gasteiger partial charge in [0.15, 0.2) is 5.78 Å². The van der Waals surface area contributed by atoms with Crippen molar-refractivity contribution < 1.29 is 17.8 Å². The van der Waals surface area contributed by atoms with Crippen LogP contribution in [-0.4, -0.2) is 60.7 Å². The van der Waals surface area contributed by atoms with Gasteiger partial charge in [0, 0.05) is 19.1 Å². The standard InChI is InChI=1S/C13H28N2O4S2/c1-10(2)15-7-6-14-9-12(16)13(21(17,18)19)5-8-20-11(3)4/h10-11,13-15H,5-9H2,1-4H3,(H,17,18,19). The third kappa shape index (κ3) is 11.1. The van der Waals surface area contributed by atoms with Gasteiger partial charge in [-0.2, -0.15) is 20.2 Å². The Bertz CT molecular complexity index is 397. The van der Waals surface area contributed by atoms with Crippen LogP contribution < -0.4 is 10.6 Å². The topological polar surface area (TPSA) is 95.5 Å². The van der Waals surface area contributed by atoms with Gasteiger partial charge in [0.25, 0.3) is 10.1 Å². The molecule has 0 aliphatic rings. The molecule has 126 valence electrons. The molecule has 0 aliphatic carbocycles. The summed E-state index contributed by atoms with van der Waals surface area (Å²) in [4.78, 5) is 11.9. The normalized spacial score (nSPS) is 13.9. The SMILES string of the molecule is CC(C)NCCNCC(=O)C(CCSC(C)C)S(=O)(=O)O. The Hall–Kier alpha value is -0.150. The summed E-state index contributed by atoms with van der Waals surface area (Å²) in [5.74, 6) is 0.0503. The first-order valence-electron chi connectivity index (χ1n) is 7.19. The lowest BCUT2D eigenvalue weighted by Crippen LogP contribution is -2.40. The number of nitrogens with one attached hydrogen (secondary N) is 2. The molecule has 8 heteroatoms. The predicted molar refractivity (Wildman–Crippen MR) is 88.6 cm³/mol. The van der Waals surface area contributed by atoms with E-state index < -0.39 is 21.2 Å². The molecule has 0 bridgehead atoms. The maximum Gasteiger partial charge on any atom is 0.275 e. The van der Waals surface area contributed by atoms with Crippen LogP contribution in [0.25, 0.3) is 0 Å². The Labute approximate surface area is 132 Å². The fraction of sp³-hybridized carbons (Fsp3) is 0.923. The van der Waals surface area contributed by atoms with Gasteiger partial charge in [0.05, 0.1) is 6.54 Å². The number of thioether (sulfide) groups is 1. The molecule has 6 nitrogen and oxygen atoms in total. The first kappa shape index (κ1) is 20.9. The highest BCUT2D eigenvalue weighted by molar-refractivity contribution is 7.99. The van der Waals surface area contributed by atoms with E-state index in [0.717, 1.165) is 0 Å². The Morgan fingerprint density at radius 1 is 1.19 bits per heavy atom. The van der Waals surface area contributed by atoms with Gasteiger partial charge < -0.3 is 10.6 Å². The van der Waals surface area contributed by atoms with Crippen LogP contribution in [0.3, 0.4) is 0 Å². The fourth-order valence-corrected chi connectivity index (χ4v) is 3.49. The molecular formula is C13H28N2O4S2. The number of Topliss-reactive ketones (excluding diaryl/α,β-unsaturated/α-hetero) is 1. The fourth-order valence-electron chi connectivity index (χ4n) is 1.66. The summed E-state index contributed by atoms with van der Waals surface area (Å²) in [5, 5.41) is 5.12. The quantitative estimate of drug-likeness (QED) is 0.359. The van der Waals surface area contributed by atoms with E-state index in [1.54, 1.807) is 11.8 Å². The number of hydrogen-bond donors (Lipinski definition) is 3. The number of ketones is 1. The summed E-state index contributed by atoms with van der Waals surface area (Å²) in [6.07, 6.45) is 0.145. The summed E-state index contributed by atoms with van der Waals surface area (Å²) in [7, 11) is -4.34. The van der Waals surface area contributed by atoms with Gasteiger partial charge in [-0.05, 0) is 17.4 Å². The Morgan fingerprint density at radius 3 is 2.29 bits per heavy atom. The Kier molecular flexibility index (Phi) is 10.5. The van der Waals surface area contributed by atoms with Crippen molar-refractivity contribution in [2.24, 2.45) is 0 Å². The summed E-state index contributed by atoms with van der Waals surface area (Å²) in [6, 6.07) is 0.362. The van der Waals surface area contributed by atoms with Gasteiger partial charge in [-0.25, -0.2) is 0 Å². The molecule has 0 spiro atoms. The minimum atomic E-state index is -4.34. The second-order valence-electron chi connectivity index (χ2n) is 5.46. The predicted octanol–water partition coefficient (Wildman–Crippen LogP) is 0.931. The van der Waals surface area contributed by atoms with E-state index in [-0.39, 0.29) is 13.0 Å². The van der Waals surface area contributed by atoms with Crippen molar-refractivity contribution in [2.75, 3.05) is 25.4 Å². The second kappa shape index (κ2) is 10.6. The zero-order valence-electron chi connectivity index (χ0n) is 13.3. The smallest absolute Gasteiger partial charge is 0.275 e. The highest BCUT2D eigenvalue weighted by Gasteiger charge is 2.29. The monoisotopic (exact) mass is 340 g/mol. The van der Waals surface area contributed by atoms with E-state index in [2.05, 4.69) is 10.6 Å². The molecule has 0 rings (SSSR count). The van der Waals surface area contributed by atoms with Crippen molar-refractivity contribution in [2.45, 2.75) is 50.7 Å². The largest absolute Gasteiger partial charge is 0.313 e. The van der Waals surface area contributed by atoms with E-state index >= 15 is 0 Å². The molecule has 0 saturated carbocycles. The molecule has 0 fully saturated rings. The molecule has 1 atom stereocenters. The minimum absolute atomic E-state index is 0.0451. The van der Waals surface area contributed by atoms with E-state index in [1.807, 2.05) is 27.7 Å². The van der Waals surface area contributed by atoms with Crippen LogP contribution in [0.4, 0.5) is 0 Å². The lowest BCUT2D eigenvalue weighted by Gasteiger charge is -2.14. The van der Waals surface area contributed by atoms with Crippen molar-refractivity contribution in [3.05, 3.63) is 0 Å². The summed E-state index contributed by atoms with van der Waals surface area (Å²) < 4.78 is 31.8. The van der Waals surface area contributed by atoms with Crippen LogP contribution in [-0.2, 0) is 14.9 Å². The summed E-state index contributed by atoms with van der Waals surface area (Å²) in [6.45, 7) is 9.26. The van der Waals surface area contributed by atoms with Gasteiger partial charge >= 0.3 is 0 Å². The highest BCUT2D eigenvalue weighted by atomic mass is 32.2. The number of carbonyl (C=O) groups excluding carboxylic acids is 1. The third-order valence-corrected chi connectivity index (χ3v) is 5.06. The molecule has 0 saturated heterocycles. The number of hydrogen-bond acceptors (Lipinski definition) is 6. The molecule has 0 aliphatic heterocycles. The summed E-state index contributed by atoms with van der Waals surface area (Å²) >= 11 is 1.57. The molecule has 0 amide bonds. The van der Waals surface area contributed by atoms with Crippen molar-refractivity contribution in [1.82, 2.24) is 10.6 Å². The van der Waals surface area contributed by atoms with Crippen LogP contribution in [0.1, 0.15) is 34.1 Å². The van der Waals surface area contributed by atoms with Crippen LogP contribution in [0, 0.1) is 0 Å². The average molecular weight is 341 g/mol. The Balaban J connectivity index is 4.21. The minimum Gasteiger partial charge on any atom is -0.313 e. The zero-order valence-corrected chi connectivity index (χ0v) is 14.9. The molecule has 3 N–H and O–H groups in total. The molecule has 0 radical (unpaired) electrons. The average Bonchev–Trinajstić information content (AvgIpc) is 2.31.